The van der Waals surface area contributed by atoms with Gasteiger partial charge in [-0.2, -0.15) is 0 Å². The zero-order valence-corrected chi connectivity index (χ0v) is 11.8. The summed E-state index contributed by atoms with van der Waals surface area (Å²) in [6.45, 7) is 6.74. The molecule has 0 saturated heterocycles. The summed E-state index contributed by atoms with van der Waals surface area (Å²) in [6, 6.07) is 0. The van der Waals surface area contributed by atoms with Crippen LogP contribution in [0.3, 0.4) is 0 Å². The maximum atomic E-state index is 10.1. The molecule has 3 nitrogen and oxygen atoms in total. The molecule has 0 bridgehead atoms. The monoisotopic (exact) mass is 200 g/mol. The molecule has 0 amide bonds. The van der Waals surface area contributed by atoms with Crippen molar-refractivity contribution < 1.29 is 66.4 Å². The molecule has 0 aromatic rings. The van der Waals surface area contributed by atoms with Gasteiger partial charge in [-0.1, -0.05) is 27.7 Å². The minimum absolute atomic E-state index is 0. The van der Waals surface area contributed by atoms with E-state index in [2.05, 4.69) is 0 Å². The van der Waals surface area contributed by atoms with E-state index in [9.17, 15) is 9.90 Å². The van der Waals surface area contributed by atoms with Gasteiger partial charge < -0.3 is 10.2 Å². The molecule has 12 heavy (non-hydrogen) atoms. The number of carbonyl (C=O) groups is 1. The van der Waals surface area contributed by atoms with Crippen LogP contribution in [0.25, 0.3) is 0 Å². The predicted molar refractivity (Wildman–Crippen MR) is 42.3 cm³/mol. The first kappa shape index (κ1) is 18.8. The van der Waals surface area contributed by atoms with E-state index in [4.69, 9.17) is 5.11 Å². The van der Waals surface area contributed by atoms with Crippen LogP contribution in [-0.2, 0) is 4.79 Å². The molecule has 0 aromatic heterocycles. The Labute approximate surface area is 117 Å². The summed E-state index contributed by atoms with van der Waals surface area (Å²) in [7, 11) is 0. The number of carboxylic acid groups (broad SMARTS) is 1. The molecule has 0 fully saturated rings. The van der Waals surface area contributed by atoms with Gasteiger partial charge in [0.1, 0.15) is 0 Å². The molecule has 0 aliphatic heterocycles. The van der Waals surface area contributed by atoms with Crippen molar-refractivity contribution in [1.82, 2.24) is 0 Å². The smallest absolute Gasteiger partial charge is 0.850 e. The van der Waals surface area contributed by atoms with Crippen LogP contribution in [0.1, 0.15) is 40.5 Å². The van der Waals surface area contributed by atoms with Crippen molar-refractivity contribution in [2.75, 3.05) is 0 Å². The summed E-state index contributed by atoms with van der Waals surface area (Å²) in [6.07, 6.45) is 1.02. The number of hydrogen-bond donors (Lipinski definition) is 1. The fraction of sp³-hybridized carbons (Fsp3) is 0.875. The van der Waals surface area contributed by atoms with E-state index < -0.39 is 11.6 Å². The zero-order chi connectivity index (χ0) is 9.49. The second-order valence-corrected chi connectivity index (χ2v) is 3.26. The van der Waals surface area contributed by atoms with Crippen LogP contribution in [-0.4, -0.2) is 16.7 Å². The Bertz CT molecular complexity index is 101. The van der Waals surface area contributed by atoms with E-state index in [1.54, 1.807) is 20.8 Å². The molecule has 0 aliphatic rings. The molecule has 0 heterocycles. The first-order valence-electron chi connectivity index (χ1n) is 3.69. The van der Waals surface area contributed by atoms with E-state index in [0.29, 0.717) is 6.42 Å². The Morgan fingerprint density at radius 1 is 1.42 bits per heavy atom. The van der Waals surface area contributed by atoms with Gasteiger partial charge in [0.15, 0.2) is 0 Å². The Morgan fingerprint density at radius 3 is 1.67 bits per heavy atom. The van der Waals surface area contributed by atoms with E-state index >= 15 is 0 Å². The van der Waals surface area contributed by atoms with Gasteiger partial charge in [-0.05, 0) is 6.42 Å². The van der Waals surface area contributed by atoms with Crippen molar-refractivity contribution in [3.05, 3.63) is 0 Å². The molecule has 0 atom stereocenters. The maximum Gasteiger partial charge on any atom is 1.00 e. The number of hydrogen-bond acceptors (Lipinski definition) is 2. The summed E-state index contributed by atoms with van der Waals surface area (Å²) in [4.78, 5) is 9.60. The molecule has 4 heteroatoms. The van der Waals surface area contributed by atoms with Crippen molar-refractivity contribution in [1.29, 1.82) is 0 Å². The fourth-order valence-corrected chi connectivity index (χ4v) is 0.214. The van der Waals surface area contributed by atoms with Crippen LogP contribution >= 0.6 is 0 Å². The molecule has 0 spiro atoms. The zero-order valence-electron chi connectivity index (χ0n) is 8.68. The normalized spacial score (nSPS) is 9.08. The van der Waals surface area contributed by atoms with E-state index in [1.165, 1.54) is 0 Å². The molecule has 0 aliphatic carbocycles. The van der Waals surface area contributed by atoms with Gasteiger partial charge in [-0.25, -0.2) is 0 Å². The van der Waals surface area contributed by atoms with E-state index in [-0.39, 0.29) is 51.4 Å². The SMILES string of the molecule is CC(C)(C)[O-].CCCC(=O)O.[K+]. The molecular weight excluding hydrogens is 183 g/mol. The Kier molecular flexibility index (Phi) is 15.9. The van der Waals surface area contributed by atoms with Crippen molar-refractivity contribution in [3.63, 3.8) is 0 Å². The molecular formula is C8H17KO3. The van der Waals surface area contributed by atoms with Crippen molar-refractivity contribution >= 4 is 5.97 Å². The summed E-state index contributed by atoms with van der Waals surface area (Å²) in [5, 5.41) is 18.0. The van der Waals surface area contributed by atoms with Gasteiger partial charge in [0, 0.05) is 6.42 Å². The van der Waals surface area contributed by atoms with Crippen LogP contribution < -0.4 is 56.5 Å². The summed E-state index contributed by atoms with van der Waals surface area (Å²) >= 11 is 0. The van der Waals surface area contributed by atoms with Crippen molar-refractivity contribution in [2.24, 2.45) is 0 Å². The van der Waals surface area contributed by atoms with E-state index in [1.807, 2.05) is 6.92 Å². The molecule has 68 valence electrons. The van der Waals surface area contributed by atoms with Crippen molar-refractivity contribution in [3.8, 4) is 0 Å². The number of carboxylic acids is 1. The van der Waals surface area contributed by atoms with Gasteiger partial charge in [-0.15, -0.1) is 5.60 Å². The van der Waals surface area contributed by atoms with Crippen LogP contribution in [0.2, 0.25) is 0 Å². The molecule has 1 N–H and O–H groups in total. The third kappa shape index (κ3) is 67.8. The van der Waals surface area contributed by atoms with Crippen LogP contribution in [0.4, 0.5) is 0 Å². The van der Waals surface area contributed by atoms with Gasteiger partial charge >= 0.3 is 57.4 Å². The summed E-state index contributed by atoms with van der Waals surface area (Å²) < 4.78 is 0. The standard InChI is InChI=1S/C4H8O2.C4H9O.K/c1-2-3-4(5)6;1-4(2,3)5;/h2-3H2,1H3,(H,5,6);1-3H3;/q;-1;+1. The third-order valence-electron chi connectivity index (χ3n) is 0.464. The van der Waals surface area contributed by atoms with Gasteiger partial charge in [0.2, 0.25) is 0 Å². The molecule has 0 rings (SSSR count). The average Bonchev–Trinajstić information content (AvgIpc) is 1.58. The van der Waals surface area contributed by atoms with Gasteiger partial charge in [-0.3, -0.25) is 4.79 Å². The Balaban J connectivity index is -0.000000126. The maximum absolute atomic E-state index is 10.1. The van der Waals surface area contributed by atoms with Crippen molar-refractivity contribution in [2.45, 2.75) is 46.1 Å². The summed E-state index contributed by atoms with van der Waals surface area (Å²) in [5.74, 6) is -0.711. The molecule has 0 aromatic carbocycles. The van der Waals surface area contributed by atoms with E-state index in [0.717, 1.165) is 6.42 Å². The second-order valence-electron chi connectivity index (χ2n) is 3.26. The van der Waals surface area contributed by atoms with Crippen LogP contribution in [0, 0.1) is 0 Å². The van der Waals surface area contributed by atoms with Crippen LogP contribution in [0.15, 0.2) is 0 Å². The molecule has 0 unspecified atom stereocenters. The number of rotatable bonds is 2. The fourth-order valence-electron chi connectivity index (χ4n) is 0.214. The predicted octanol–water partition coefficient (Wildman–Crippen LogP) is -1.98. The minimum atomic E-state index is -0.750. The first-order valence-corrected chi connectivity index (χ1v) is 3.69. The Morgan fingerprint density at radius 2 is 1.67 bits per heavy atom. The quantitative estimate of drug-likeness (QED) is 0.526. The molecule has 0 saturated carbocycles. The first-order chi connectivity index (χ1) is 4.77. The topological polar surface area (TPSA) is 60.4 Å². The second kappa shape index (κ2) is 10.1. The largest absolute Gasteiger partial charge is 1.00 e. The van der Waals surface area contributed by atoms with Gasteiger partial charge in [0.25, 0.3) is 0 Å². The molecule has 0 radical (unpaired) electrons. The van der Waals surface area contributed by atoms with Crippen LogP contribution in [0.5, 0.6) is 0 Å². The average molecular weight is 200 g/mol. The summed E-state index contributed by atoms with van der Waals surface area (Å²) in [5.41, 5.74) is -0.750. The Hall–Kier alpha value is 1.07. The van der Waals surface area contributed by atoms with Gasteiger partial charge in [0.05, 0.1) is 0 Å². The number of aliphatic carboxylic acids is 1. The minimum Gasteiger partial charge on any atom is -0.850 e. The third-order valence-corrected chi connectivity index (χ3v) is 0.464.